The van der Waals surface area contributed by atoms with E-state index < -0.39 is 0 Å². The van der Waals surface area contributed by atoms with E-state index in [0.29, 0.717) is 19.2 Å². The second-order valence-electron chi connectivity index (χ2n) is 4.60. The van der Waals surface area contributed by atoms with Crippen molar-refractivity contribution in [1.82, 2.24) is 9.97 Å². The minimum Gasteiger partial charge on any atom is -0.463 e. The van der Waals surface area contributed by atoms with Crippen LogP contribution in [0.2, 0.25) is 0 Å². The number of nitrogens with zero attached hydrogens (tertiary/aromatic N) is 2. The van der Waals surface area contributed by atoms with Gasteiger partial charge in [0.25, 0.3) is 0 Å². The zero-order valence-corrected chi connectivity index (χ0v) is 11.6. The summed E-state index contributed by atoms with van der Waals surface area (Å²) >= 11 is 0. The van der Waals surface area contributed by atoms with Crippen molar-refractivity contribution >= 4 is 0 Å². The maximum Gasteiger partial charge on any atom is 0.316 e. The first-order chi connectivity index (χ1) is 8.76. The number of aryl methyl sites for hydroxylation is 1. The lowest BCUT2D eigenvalue weighted by atomic mass is 10.1. The van der Waals surface area contributed by atoms with E-state index in [-0.39, 0.29) is 0 Å². The normalized spacial score (nSPS) is 10.6. The van der Waals surface area contributed by atoms with Crippen LogP contribution in [0, 0.1) is 6.92 Å². The molecule has 0 aliphatic carbocycles. The molecule has 1 heterocycles. The first-order valence-electron chi connectivity index (χ1n) is 6.93. The Balaban J connectivity index is 2.20. The van der Waals surface area contributed by atoms with Crippen LogP contribution in [0.15, 0.2) is 6.07 Å². The standard InChI is InChI=1S/C14H25N3O/c1-3-4-5-6-7-8-9-18-14-16-12(2)10-13(11-15)17-14/h10H,3-9,11,15H2,1-2H3. The second-order valence-corrected chi connectivity index (χ2v) is 4.60. The molecule has 4 heteroatoms. The summed E-state index contributed by atoms with van der Waals surface area (Å²) in [5.41, 5.74) is 7.30. The molecular formula is C14H25N3O. The monoisotopic (exact) mass is 251 g/mol. The summed E-state index contributed by atoms with van der Waals surface area (Å²) in [6.07, 6.45) is 7.53. The third-order valence-electron chi connectivity index (χ3n) is 2.82. The summed E-state index contributed by atoms with van der Waals surface area (Å²) in [6, 6.07) is 2.35. The van der Waals surface area contributed by atoms with E-state index in [1.54, 1.807) is 0 Å². The van der Waals surface area contributed by atoms with Crippen molar-refractivity contribution in [2.75, 3.05) is 6.61 Å². The summed E-state index contributed by atoms with van der Waals surface area (Å²) in [5, 5.41) is 0. The SMILES string of the molecule is CCCCCCCCOc1nc(C)cc(CN)n1. The van der Waals surface area contributed by atoms with Crippen molar-refractivity contribution in [2.45, 2.75) is 58.9 Å². The van der Waals surface area contributed by atoms with Crippen LogP contribution < -0.4 is 10.5 Å². The van der Waals surface area contributed by atoms with Gasteiger partial charge in [0.15, 0.2) is 0 Å². The lowest BCUT2D eigenvalue weighted by Gasteiger charge is -2.06. The molecule has 0 aliphatic heterocycles. The van der Waals surface area contributed by atoms with Crippen LogP contribution >= 0.6 is 0 Å². The molecule has 0 amide bonds. The van der Waals surface area contributed by atoms with Crippen LogP contribution in [-0.2, 0) is 6.54 Å². The third kappa shape index (κ3) is 5.96. The molecule has 4 nitrogen and oxygen atoms in total. The Morgan fingerprint density at radius 2 is 1.83 bits per heavy atom. The predicted octanol–water partition coefficient (Wildman–Crippen LogP) is 2.98. The number of aromatic nitrogens is 2. The fourth-order valence-corrected chi connectivity index (χ4v) is 1.82. The van der Waals surface area contributed by atoms with Gasteiger partial charge in [-0.2, -0.15) is 4.98 Å². The van der Waals surface area contributed by atoms with Crippen molar-refractivity contribution < 1.29 is 4.74 Å². The number of rotatable bonds is 9. The van der Waals surface area contributed by atoms with Gasteiger partial charge in [-0.15, -0.1) is 0 Å². The Kier molecular flexibility index (Phi) is 7.34. The van der Waals surface area contributed by atoms with Crippen LogP contribution in [-0.4, -0.2) is 16.6 Å². The molecule has 0 saturated heterocycles. The Labute approximate surface area is 110 Å². The molecule has 0 spiro atoms. The van der Waals surface area contributed by atoms with Crippen molar-refractivity contribution in [1.29, 1.82) is 0 Å². The van der Waals surface area contributed by atoms with Gasteiger partial charge in [-0.3, -0.25) is 0 Å². The number of nitrogens with two attached hydrogens (primary N) is 1. The van der Waals surface area contributed by atoms with Crippen molar-refractivity contribution in [2.24, 2.45) is 5.73 Å². The smallest absolute Gasteiger partial charge is 0.316 e. The van der Waals surface area contributed by atoms with E-state index >= 15 is 0 Å². The lowest BCUT2D eigenvalue weighted by Crippen LogP contribution is -2.06. The van der Waals surface area contributed by atoms with E-state index in [2.05, 4.69) is 16.9 Å². The molecule has 1 rings (SSSR count). The van der Waals surface area contributed by atoms with Gasteiger partial charge in [-0.25, -0.2) is 4.98 Å². The van der Waals surface area contributed by atoms with Crippen LogP contribution in [0.25, 0.3) is 0 Å². The zero-order valence-electron chi connectivity index (χ0n) is 11.6. The summed E-state index contributed by atoms with van der Waals surface area (Å²) < 4.78 is 5.56. The third-order valence-corrected chi connectivity index (χ3v) is 2.82. The molecule has 1 aromatic rings. The van der Waals surface area contributed by atoms with Crippen LogP contribution in [0.1, 0.15) is 56.8 Å². The van der Waals surface area contributed by atoms with E-state index in [1.807, 2.05) is 13.0 Å². The maximum absolute atomic E-state index is 5.56. The summed E-state index contributed by atoms with van der Waals surface area (Å²) in [4.78, 5) is 8.48. The van der Waals surface area contributed by atoms with Gasteiger partial charge < -0.3 is 10.5 Å². The molecule has 0 saturated carbocycles. The highest BCUT2D eigenvalue weighted by atomic mass is 16.5. The number of hydrogen-bond acceptors (Lipinski definition) is 4. The summed E-state index contributed by atoms with van der Waals surface area (Å²) in [6.45, 7) is 5.28. The van der Waals surface area contributed by atoms with E-state index in [4.69, 9.17) is 10.5 Å². The molecule has 18 heavy (non-hydrogen) atoms. The van der Waals surface area contributed by atoms with Gasteiger partial charge in [0, 0.05) is 12.2 Å². The molecule has 1 aromatic heterocycles. The highest BCUT2D eigenvalue weighted by molar-refractivity contribution is 5.12. The molecule has 0 aliphatic rings. The highest BCUT2D eigenvalue weighted by Gasteiger charge is 2.01. The van der Waals surface area contributed by atoms with E-state index in [0.717, 1.165) is 17.8 Å². The zero-order chi connectivity index (χ0) is 13.2. The fourth-order valence-electron chi connectivity index (χ4n) is 1.82. The van der Waals surface area contributed by atoms with Crippen LogP contribution in [0.5, 0.6) is 6.01 Å². The molecule has 0 aromatic carbocycles. The number of ether oxygens (including phenoxy) is 1. The molecule has 2 N–H and O–H groups in total. The Morgan fingerprint density at radius 1 is 1.11 bits per heavy atom. The predicted molar refractivity (Wildman–Crippen MR) is 73.5 cm³/mol. The van der Waals surface area contributed by atoms with Crippen molar-refractivity contribution in [3.05, 3.63) is 17.5 Å². The first-order valence-corrected chi connectivity index (χ1v) is 6.93. The first kappa shape index (κ1) is 14.9. The summed E-state index contributed by atoms with van der Waals surface area (Å²) in [7, 11) is 0. The Bertz CT molecular complexity index is 342. The minimum atomic E-state index is 0.427. The lowest BCUT2D eigenvalue weighted by molar-refractivity contribution is 0.279. The van der Waals surface area contributed by atoms with Crippen molar-refractivity contribution in [3.63, 3.8) is 0 Å². The number of unbranched alkanes of at least 4 members (excludes halogenated alkanes) is 5. The molecule has 0 unspecified atom stereocenters. The molecule has 0 atom stereocenters. The molecule has 102 valence electrons. The van der Waals surface area contributed by atoms with E-state index in [9.17, 15) is 0 Å². The van der Waals surface area contributed by atoms with Gasteiger partial charge in [-0.1, -0.05) is 39.0 Å². The van der Waals surface area contributed by atoms with Crippen molar-refractivity contribution in [3.8, 4) is 6.01 Å². The van der Waals surface area contributed by atoms with Gasteiger partial charge >= 0.3 is 6.01 Å². The van der Waals surface area contributed by atoms with Gasteiger partial charge in [0.05, 0.1) is 12.3 Å². The van der Waals surface area contributed by atoms with Crippen LogP contribution in [0.3, 0.4) is 0 Å². The maximum atomic E-state index is 5.56. The summed E-state index contributed by atoms with van der Waals surface area (Å²) in [5.74, 6) is 0. The fraction of sp³-hybridized carbons (Fsp3) is 0.714. The average Bonchev–Trinajstić information content (AvgIpc) is 2.37. The average molecular weight is 251 g/mol. The minimum absolute atomic E-state index is 0.427. The molecule has 0 bridgehead atoms. The van der Waals surface area contributed by atoms with Gasteiger partial charge in [0.2, 0.25) is 0 Å². The molecule has 0 radical (unpaired) electrons. The Morgan fingerprint density at radius 3 is 2.56 bits per heavy atom. The number of hydrogen-bond donors (Lipinski definition) is 1. The quantitative estimate of drug-likeness (QED) is 0.685. The topological polar surface area (TPSA) is 61.0 Å². The Hall–Kier alpha value is -1.16. The van der Waals surface area contributed by atoms with Gasteiger partial charge in [0.1, 0.15) is 0 Å². The van der Waals surface area contributed by atoms with Gasteiger partial charge in [-0.05, 0) is 19.4 Å². The van der Waals surface area contributed by atoms with E-state index in [1.165, 1.54) is 32.1 Å². The largest absolute Gasteiger partial charge is 0.463 e. The second kappa shape index (κ2) is 8.86. The molecular weight excluding hydrogens is 226 g/mol. The van der Waals surface area contributed by atoms with Crippen LogP contribution in [0.4, 0.5) is 0 Å². The highest BCUT2D eigenvalue weighted by Crippen LogP contribution is 2.09. The molecule has 0 fully saturated rings.